The summed E-state index contributed by atoms with van der Waals surface area (Å²) in [6.45, 7) is 3.95. The summed E-state index contributed by atoms with van der Waals surface area (Å²) in [6, 6.07) is 3.37. The molecule has 0 saturated carbocycles. The van der Waals surface area contributed by atoms with Crippen LogP contribution >= 0.6 is 0 Å². The lowest BCUT2D eigenvalue weighted by Crippen LogP contribution is -2.51. The van der Waals surface area contributed by atoms with Gasteiger partial charge in [-0.05, 0) is 31.0 Å². The van der Waals surface area contributed by atoms with Crippen molar-refractivity contribution in [3.8, 4) is 0 Å². The van der Waals surface area contributed by atoms with Gasteiger partial charge < -0.3 is 14.9 Å². The second kappa shape index (κ2) is 4.57. The van der Waals surface area contributed by atoms with Crippen molar-refractivity contribution in [3.05, 3.63) is 23.3 Å². The quantitative estimate of drug-likeness (QED) is 0.878. The van der Waals surface area contributed by atoms with Crippen molar-refractivity contribution in [1.82, 2.24) is 0 Å². The highest BCUT2D eigenvalue weighted by atomic mass is 16.4. The monoisotopic (exact) mass is 262 g/mol. The van der Waals surface area contributed by atoms with Gasteiger partial charge in [0.2, 0.25) is 5.91 Å². The van der Waals surface area contributed by atoms with E-state index in [0.717, 1.165) is 22.5 Å². The Morgan fingerprint density at radius 3 is 2.53 bits per heavy atom. The van der Waals surface area contributed by atoms with Gasteiger partial charge in [-0.15, -0.1) is 0 Å². The Morgan fingerprint density at radius 1 is 1.32 bits per heavy atom. The fourth-order valence-corrected chi connectivity index (χ4v) is 2.70. The molecule has 1 aliphatic heterocycles. The van der Waals surface area contributed by atoms with Crippen LogP contribution in [-0.2, 0) is 9.59 Å². The number of anilines is 2. The van der Waals surface area contributed by atoms with E-state index in [1.807, 2.05) is 26.0 Å². The highest BCUT2D eigenvalue weighted by Crippen LogP contribution is 2.38. The average molecular weight is 262 g/mol. The molecule has 1 amide bonds. The number of aliphatic carboxylic acids is 1. The molecule has 1 atom stereocenters. The minimum Gasteiger partial charge on any atom is -0.481 e. The Morgan fingerprint density at radius 2 is 1.95 bits per heavy atom. The van der Waals surface area contributed by atoms with Gasteiger partial charge in [0.15, 0.2) is 0 Å². The van der Waals surface area contributed by atoms with Crippen molar-refractivity contribution < 1.29 is 14.7 Å². The van der Waals surface area contributed by atoms with E-state index in [2.05, 4.69) is 0 Å². The third-order valence-electron chi connectivity index (χ3n) is 3.59. The minimum atomic E-state index is -0.966. The first-order valence-electron chi connectivity index (χ1n) is 6.16. The summed E-state index contributed by atoms with van der Waals surface area (Å²) in [5.74, 6) is -1.14. The Bertz CT molecular complexity index is 554. The van der Waals surface area contributed by atoms with Gasteiger partial charge in [-0.25, -0.2) is 0 Å². The summed E-state index contributed by atoms with van der Waals surface area (Å²) in [5.41, 5.74) is 3.89. The smallest absolute Gasteiger partial charge is 0.305 e. The number of nitrogens with zero attached hydrogens (tertiary/aromatic N) is 2. The summed E-state index contributed by atoms with van der Waals surface area (Å²) in [7, 11) is 3.47. The number of aryl methyl sites for hydroxylation is 2. The van der Waals surface area contributed by atoms with E-state index in [0.29, 0.717) is 0 Å². The van der Waals surface area contributed by atoms with Gasteiger partial charge in [0.05, 0.1) is 17.8 Å². The van der Waals surface area contributed by atoms with Crippen LogP contribution in [0.3, 0.4) is 0 Å². The molecule has 5 nitrogen and oxygen atoms in total. The number of carbonyl (C=O) groups is 2. The van der Waals surface area contributed by atoms with Crippen molar-refractivity contribution >= 4 is 23.3 Å². The van der Waals surface area contributed by atoms with Crippen molar-refractivity contribution in [2.24, 2.45) is 0 Å². The highest BCUT2D eigenvalue weighted by Gasteiger charge is 2.36. The van der Waals surface area contributed by atoms with E-state index in [1.165, 1.54) is 0 Å². The molecule has 1 aromatic rings. The molecule has 1 N–H and O–H groups in total. The van der Waals surface area contributed by atoms with Crippen LogP contribution in [0.2, 0.25) is 0 Å². The van der Waals surface area contributed by atoms with E-state index < -0.39 is 12.0 Å². The van der Waals surface area contributed by atoms with E-state index in [-0.39, 0.29) is 12.3 Å². The highest BCUT2D eigenvalue weighted by molar-refractivity contribution is 6.07. The third kappa shape index (κ3) is 2.16. The number of likely N-dealkylation sites (N-methyl/N-ethyl adjacent to an activating group) is 2. The van der Waals surface area contributed by atoms with Crippen LogP contribution in [0.25, 0.3) is 0 Å². The molecule has 0 aliphatic carbocycles. The number of rotatable bonds is 2. The van der Waals surface area contributed by atoms with Gasteiger partial charge in [0.1, 0.15) is 6.04 Å². The lowest BCUT2D eigenvalue weighted by molar-refractivity contribution is -0.139. The van der Waals surface area contributed by atoms with Crippen molar-refractivity contribution in [3.63, 3.8) is 0 Å². The van der Waals surface area contributed by atoms with Gasteiger partial charge in [-0.3, -0.25) is 9.59 Å². The zero-order valence-electron chi connectivity index (χ0n) is 11.6. The SMILES string of the molecule is Cc1cc(C)c2c(c1)N(C)C(CC(=O)O)C(=O)N2C. The second-order valence-electron chi connectivity index (χ2n) is 5.07. The molecule has 1 heterocycles. The number of carbonyl (C=O) groups excluding carboxylic acids is 1. The lowest BCUT2D eigenvalue weighted by Gasteiger charge is -2.40. The number of benzene rings is 1. The average Bonchev–Trinajstić information content (AvgIpc) is 2.30. The van der Waals surface area contributed by atoms with Crippen LogP contribution in [0.1, 0.15) is 17.5 Å². The Kier molecular flexibility index (Phi) is 3.22. The number of amides is 1. The van der Waals surface area contributed by atoms with Gasteiger partial charge in [0.25, 0.3) is 0 Å². The topological polar surface area (TPSA) is 60.9 Å². The van der Waals surface area contributed by atoms with Gasteiger partial charge >= 0.3 is 5.97 Å². The predicted molar refractivity (Wildman–Crippen MR) is 73.8 cm³/mol. The number of hydrogen-bond donors (Lipinski definition) is 1. The molecular weight excluding hydrogens is 244 g/mol. The van der Waals surface area contributed by atoms with E-state index in [4.69, 9.17) is 5.11 Å². The maximum atomic E-state index is 12.3. The molecule has 1 unspecified atom stereocenters. The van der Waals surface area contributed by atoms with E-state index in [9.17, 15) is 9.59 Å². The van der Waals surface area contributed by atoms with E-state index in [1.54, 1.807) is 23.9 Å². The van der Waals surface area contributed by atoms with Crippen LogP contribution in [0, 0.1) is 13.8 Å². The van der Waals surface area contributed by atoms with Crippen LogP contribution in [-0.4, -0.2) is 37.1 Å². The first-order valence-corrected chi connectivity index (χ1v) is 6.16. The molecule has 0 radical (unpaired) electrons. The van der Waals surface area contributed by atoms with E-state index >= 15 is 0 Å². The fourth-order valence-electron chi connectivity index (χ4n) is 2.70. The molecule has 0 bridgehead atoms. The first-order chi connectivity index (χ1) is 8.82. The fraction of sp³-hybridized carbons (Fsp3) is 0.429. The number of hydrogen-bond acceptors (Lipinski definition) is 3. The maximum Gasteiger partial charge on any atom is 0.305 e. The number of carboxylic acid groups (broad SMARTS) is 1. The minimum absolute atomic E-state index is 0.177. The molecule has 5 heteroatoms. The molecule has 19 heavy (non-hydrogen) atoms. The van der Waals surface area contributed by atoms with Gasteiger partial charge in [-0.1, -0.05) is 6.07 Å². The molecule has 0 saturated heterocycles. The summed E-state index contributed by atoms with van der Waals surface area (Å²) < 4.78 is 0. The van der Waals surface area contributed by atoms with Crippen LogP contribution < -0.4 is 9.80 Å². The summed E-state index contributed by atoms with van der Waals surface area (Å²) in [6.07, 6.45) is -0.188. The summed E-state index contributed by atoms with van der Waals surface area (Å²) in [5, 5.41) is 8.95. The Hall–Kier alpha value is -2.04. The zero-order valence-corrected chi connectivity index (χ0v) is 11.6. The molecule has 0 spiro atoms. The van der Waals surface area contributed by atoms with Crippen molar-refractivity contribution in [1.29, 1.82) is 0 Å². The van der Waals surface area contributed by atoms with Crippen molar-refractivity contribution in [2.45, 2.75) is 26.3 Å². The van der Waals surface area contributed by atoms with Crippen LogP contribution in [0.15, 0.2) is 12.1 Å². The molecule has 2 rings (SSSR count). The zero-order chi connectivity index (χ0) is 14.3. The normalized spacial score (nSPS) is 18.5. The molecular formula is C14H18N2O3. The molecule has 102 valence electrons. The Balaban J connectivity index is 2.55. The van der Waals surface area contributed by atoms with Crippen molar-refractivity contribution in [2.75, 3.05) is 23.9 Å². The van der Waals surface area contributed by atoms with Crippen LogP contribution in [0.4, 0.5) is 11.4 Å². The first kappa shape index (κ1) is 13.4. The molecule has 0 fully saturated rings. The summed E-state index contributed by atoms with van der Waals surface area (Å²) in [4.78, 5) is 26.5. The largest absolute Gasteiger partial charge is 0.481 e. The molecule has 1 aromatic carbocycles. The van der Waals surface area contributed by atoms with Gasteiger partial charge in [-0.2, -0.15) is 0 Å². The Labute approximate surface area is 112 Å². The van der Waals surface area contributed by atoms with Crippen LogP contribution in [0.5, 0.6) is 0 Å². The third-order valence-corrected chi connectivity index (χ3v) is 3.59. The standard InChI is InChI=1S/C14H18N2O3/c1-8-5-9(2)13-10(6-8)15(3)11(7-12(17)18)14(19)16(13)4/h5-6,11H,7H2,1-4H3,(H,17,18). The molecule has 1 aliphatic rings. The lowest BCUT2D eigenvalue weighted by atomic mass is 10.00. The number of carboxylic acids is 1. The maximum absolute atomic E-state index is 12.3. The molecule has 0 aromatic heterocycles. The summed E-state index contributed by atoms with van der Waals surface area (Å²) >= 11 is 0. The second-order valence-corrected chi connectivity index (χ2v) is 5.07. The van der Waals surface area contributed by atoms with Gasteiger partial charge in [0, 0.05) is 14.1 Å². The predicted octanol–water partition coefficient (Wildman–Crippen LogP) is 1.56. The number of fused-ring (bicyclic) bond motifs is 1.